The molecule has 0 spiro atoms. The van der Waals surface area contributed by atoms with Gasteiger partial charge in [0.1, 0.15) is 0 Å². The zero-order valence-electron chi connectivity index (χ0n) is 9.92. The van der Waals surface area contributed by atoms with Crippen molar-refractivity contribution in [1.82, 2.24) is 5.32 Å². The zero-order valence-corrected chi connectivity index (χ0v) is 9.92. The SMILES string of the molecule is CCNc1ccc(NC2CCNCC2)cc1. The topological polar surface area (TPSA) is 36.1 Å². The predicted molar refractivity (Wildman–Crippen MR) is 70.1 cm³/mol. The maximum atomic E-state index is 3.58. The van der Waals surface area contributed by atoms with E-state index < -0.39 is 0 Å². The van der Waals surface area contributed by atoms with E-state index in [1.54, 1.807) is 0 Å². The van der Waals surface area contributed by atoms with E-state index in [2.05, 4.69) is 47.1 Å². The van der Waals surface area contributed by atoms with Crippen LogP contribution in [0.25, 0.3) is 0 Å². The zero-order chi connectivity index (χ0) is 11.2. The van der Waals surface area contributed by atoms with Gasteiger partial charge in [0.05, 0.1) is 0 Å². The van der Waals surface area contributed by atoms with Gasteiger partial charge in [0, 0.05) is 24.0 Å². The second-order valence-corrected chi connectivity index (χ2v) is 4.28. The van der Waals surface area contributed by atoms with Gasteiger partial charge in [0.25, 0.3) is 0 Å². The van der Waals surface area contributed by atoms with Crippen LogP contribution in [0, 0.1) is 0 Å². The van der Waals surface area contributed by atoms with Crippen LogP contribution >= 0.6 is 0 Å². The first-order valence-corrected chi connectivity index (χ1v) is 6.19. The lowest BCUT2D eigenvalue weighted by atomic mass is 10.1. The Kier molecular flexibility index (Phi) is 4.05. The fourth-order valence-corrected chi connectivity index (χ4v) is 2.09. The third kappa shape index (κ3) is 3.14. The third-order valence-corrected chi connectivity index (χ3v) is 2.98. The van der Waals surface area contributed by atoms with Crippen molar-refractivity contribution in [2.45, 2.75) is 25.8 Å². The molecule has 3 heteroatoms. The highest BCUT2D eigenvalue weighted by Gasteiger charge is 2.11. The summed E-state index contributed by atoms with van der Waals surface area (Å²) in [5, 5.41) is 10.3. The summed E-state index contributed by atoms with van der Waals surface area (Å²) in [6.07, 6.45) is 2.43. The number of rotatable bonds is 4. The highest BCUT2D eigenvalue weighted by molar-refractivity contribution is 5.53. The Labute approximate surface area is 97.6 Å². The molecular formula is C13H21N3. The predicted octanol–water partition coefficient (Wildman–Crippen LogP) is 2.28. The molecule has 0 aliphatic carbocycles. The number of anilines is 2. The van der Waals surface area contributed by atoms with Crippen molar-refractivity contribution >= 4 is 11.4 Å². The van der Waals surface area contributed by atoms with E-state index in [0.717, 1.165) is 19.6 Å². The highest BCUT2D eigenvalue weighted by atomic mass is 15.0. The van der Waals surface area contributed by atoms with E-state index in [4.69, 9.17) is 0 Å². The Bertz CT molecular complexity index is 301. The van der Waals surface area contributed by atoms with Crippen LogP contribution in [0.1, 0.15) is 19.8 Å². The van der Waals surface area contributed by atoms with E-state index in [1.807, 2.05) is 0 Å². The van der Waals surface area contributed by atoms with Gasteiger partial charge in [0.15, 0.2) is 0 Å². The minimum absolute atomic E-state index is 0.631. The van der Waals surface area contributed by atoms with Crippen molar-refractivity contribution in [3.63, 3.8) is 0 Å². The lowest BCUT2D eigenvalue weighted by molar-refractivity contribution is 0.479. The number of benzene rings is 1. The molecule has 0 atom stereocenters. The summed E-state index contributed by atoms with van der Waals surface area (Å²) < 4.78 is 0. The van der Waals surface area contributed by atoms with Crippen LogP contribution in [0.4, 0.5) is 11.4 Å². The molecule has 0 radical (unpaired) electrons. The molecule has 1 fully saturated rings. The molecule has 88 valence electrons. The Balaban J connectivity index is 1.88. The molecule has 16 heavy (non-hydrogen) atoms. The summed E-state index contributed by atoms with van der Waals surface area (Å²) in [6, 6.07) is 9.20. The largest absolute Gasteiger partial charge is 0.385 e. The number of hydrogen-bond donors (Lipinski definition) is 3. The summed E-state index contributed by atoms with van der Waals surface area (Å²) in [6.45, 7) is 5.35. The first-order chi connectivity index (χ1) is 7.88. The van der Waals surface area contributed by atoms with Crippen LogP contribution in [0.15, 0.2) is 24.3 Å². The molecule has 0 amide bonds. The molecule has 0 aromatic heterocycles. The third-order valence-electron chi connectivity index (χ3n) is 2.98. The summed E-state index contributed by atoms with van der Waals surface area (Å²) in [5.74, 6) is 0. The van der Waals surface area contributed by atoms with Gasteiger partial charge in [0.2, 0.25) is 0 Å². The number of hydrogen-bond acceptors (Lipinski definition) is 3. The molecule has 1 saturated heterocycles. The molecule has 0 bridgehead atoms. The van der Waals surface area contributed by atoms with Crippen molar-refractivity contribution in [3.05, 3.63) is 24.3 Å². The quantitative estimate of drug-likeness (QED) is 0.727. The van der Waals surface area contributed by atoms with Crippen molar-refractivity contribution < 1.29 is 0 Å². The average Bonchev–Trinajstić information content (AvgIpc) is 2.33. The highest BCUT2D eigenvalue weighted by Crippen LogP contribution is 2.16. The van der Waals surface area contributed by atoms with Gasteiger partial charge in [-0.05, 0) is 57.1 Å². The van der Waals surface area contributed by atoms with Crippen LogP contribution in [-0.2, 0) is 0 Å². The van der Waals surface area contributed by atoms with Crippen molar-refractivity contribution in [2.24, 2.45) is 0 Å². The summed E-state index contributed by atoms with van der Waals surface area (Å²) >= 11 is 0. The maximum Gasteiger partial charge on any atom is 0.0343 e. The second-order valence-electron chi connectivity index (χ2n) is 4.28. The Morgan fingerprint density at radius 2 is 1.75 bits per heavy atom. The molecule has 1 heterocycles. The van der Waals surface area contributed by atoms with E-state index >= 15 is 0 Å². The van der Waals surface area contributed by atoms with E-state index in [9.17, 15) is 0 Å². The number of nitrogens with one attached hydrogen (secondary N) is 3. The van der Waals surface area contributed by atoms with Crippen LogP contribution in [0.2, 0.25) is 0 Å². The van der Waals surface area contributed by atoms with Gasteiger partial charge in [-0.2, -0.15) is 0 Å². The molecule has 0 saturated carbocycles. The Hall–Kier alpha value is -1.22. The minimum atomic E-state index is 0.631. The second kappa shape index (κ2) is 5.75. The van der Waals surface area contributed by atoms with Gasteiger partial charge in [-0.25, -0.2) is 0 Å². The van der Waals surface area contributed by atoms with Gasteiger partial charge in [-0.3, -0.25) is 0 Å². The van der Waals surface area contributed by atoms with E-state index in [-0.39, 0.29) is 0 Å². The number of piperidine rings is 1. The summed E-state index contributed by atoms with van der Waals surface area (Å²) in [5.41, 5.74) is 2.42. The molecular weight excluding hydrogens is 198 g/mol. The van der Waals surface area contributed by atoms with Crippen LogP contribution in [-0.4, -0.2) is 25.7 Å². The molecule has 1 aromatic rings. The lowest BCUT2D eigenvalue weighted by Crippen LogP contribution is -2.35. The fraction of sp³-hybridized carbons (Fsp3) is 0.538. The van der Waals surface area contributed by atoms with Gasteiger partial charge >= 0.3 is 0 Å². The minimum Gasteiger partial charge on any atom is -0.385 e. The van der Waals surface area contributed by atoms with Crippen molar-refractivity contribution in [3.8, 4) is 0 Å². The molecule has 3 N–H and O–H groups in total. The van der Waals surface area contributed by atoms with Gasteiger partial charge < -0.3 is 16.0 Å². The van der Waals surface area contributed by atoms with Crippen LogP contribution < -0.4 is 16.0 Å². The summed E-state index contributed by atoms with van der Waals surface area (Å²) in [7, 11) is 0. The van der Waals surface area contributed by atoms with Crippen LogP contribution in [0.5, 0.6) is 0 Å². The Morgan fingerprint density at radius 3 is 2.38 bits per heavy atom. The monoisotopic (exact) mass is 219 g/mol. The van der Waals surface area contributed by atoms with Gasteiger partial charge in [-0.15, -0.1) is 0 Å². The van der Waals surface area contributed by atoms with Crippen molar-refractivity contribution in [2.75, 3.05) is 30.3 Å². The first kappa shape index (κ1) is 11.3. The average molecular weight is 219 g/mol. The standard InChI is InChI=1S/C13H21N3/c1-2-15-11-3-5-12(6-4-11)16-13-7-9-14-10-8-13/h3-6,13-16H,2,7-10H2,1H3. The smallest absolute Gasteiger partial charge is 0.0343 e. The van der Waals surface area contributed by atoms with E-state index in [0.29, 0.717) is 6.04 Å². The maximum absolute atomic E-state index is 3.58. The van der Waals surface area contributed by atoms with Crippen LogP contribution in [0.3, 0.4) is 0 Å². The van der Waals surface area contributed by atoms with Gasteiger partial charge in [-0.1, -0.05) is 0 Å². The Morgan fingerprint density at radius 1 is 1.12 bits per heavy atom. The molecule has 1 aromatic carbocycles. The van der Waals surface area contributed by atoms with Crippen molar-refractivity contribution in [1.29, 1.82) is 0 Å². The molecule has 0 unspecified atom stereocenters. The lowest BCUT2D eigenvalue weighted by Gasteiger charge is -2.24. The molecule has 1 aliphatic heterocycles. The molecule has 1 aliphatic rings. The first-order valence-electron chi connectivity index (χ1n) is 6.19. The summed E-state index contributed by atoms with van der Waals surface area (Å²) in [4.78, 5) is 0. The molecule has 2 rings (SSSR count). The molecule has 3 nitrogen and oxygen atoms in total. The fourth-order valence-electron chi connectivity index (χ4n) is 2.09. The normalized spacial score (nSPS) is 17.1. The van der Waals surface area contributed by atoms with E-state index in [1.165, 1.54) is 24.2 Å².